The number of nitrogens with one attached hydrogen (secondary N) is 1. The highest BCUT2D eigenvalue weighted by Crippen LogP contribution is 2.15. The second kappa shape index (κ2) is 7.43. The molecule has 0 saturated carbocycles. The first kappa shape index (κ1) is 17.5. The van der Waals surface area contributed by atoms with Crippen molar-refractivity contribution in [3.8, 4) is 0 Å². The molecule has 1 aromatic rings. The Kier molecular flexibility index (Phi) is 5.90. The summed E-state index contributed by atoms with van der Waals surface area (Å²) in [5.41, 5.74) is 0.163. The van der Waals surface area contributed by atoms with Crippen LogP contribution in [-0.2, 0) is 14.3 Å². The van der Waals surface area contributed by atoms with Crippen molar-refractivity contribution in [2.45, 2.75) is 19.0 Å². The fourth-order valence-electron chi connectivity index (χ4n) is 1.40. The van der Waals surface area contributed by atoms with Crippen LogP contribution in [0.4, 0.5) is 18.9 Å². The van der Waals surface area contributed by atoms with Gasteiger partial charge < -0.3 is 15.2 Å². The van der Waals surface area contributed by atoms with E-state index in [0.717, 1.165) is 0 Å². The Morgan fingerprint density at radius 3 is 2.45 bits per heavy atom. The molecule has 120 valence electrons. The van der Waals surface area contributed by atoms with Crippen molar-refractivity contribution in [1.82, 2.24) is 0 Å². The molecule has 0 atom stereocenters. The summed E-state index contributed by atoms with van der Waals surface area (Å²) in [6.45, 7) is -1.70. The van der Waals surface area contributed by atoms with Crippen LogP contribution in [0.3, 0.4) is 0 Å². The van der Waals surface area contributed by atoms with Crippen LogP contribution in [0, 0.1) is 0 Å². The number of anilines is 1. The number of carboxylic acid groups (broad SMARTS) is 1. The Morgan fingerprint density at radius 1 is 1.18 bits per heavy atom. The van der Waals surface area contributed by atoms with Crippen LogP contribution in [0.5, 0.6) is 0 Å². The highest BCUT2D eigenvalue weighted by Gasteiger charge is 2.29. The van der Waals surface area contributed by atoms with Crippen molar-refractivity contribution in [1.29, 1.82) is 0 Å². The van der Waals surface area contributed by atoms with E-state index in [1.807, 2.05) is 0 Å². The fraction of sp³-hybridized carbons (Fsp3) is 0.308. The zero-order chi connectivity index (χ0) is 16.8. The molecule has 1 amide bonds. The Morgan fingerprint density at radius 2 is 1.86 bits per heavy atom. The van der Waals surface area contributed by atoms with Gasteiger partial charge in [-0.15, -0.1) is 0 Å². The maximum atomic E-state index is 11.8. The average Bonchev–Trinajstić information content (AvgIpc) is 2.42. The van der Waals surface area contributed by atoms with Crippen LogP contribution in [0.2, 0.25) is 0 Å². The molecule has 0 spiro atoms. The van der Waals surface area contributed by atoms with E-state index >= 15 is 0 Å². The Hall–Kier alpha value is -2.58. The molecule has 22 heavy (non-hydrogen) atoms. The third-order valence-electron chi connectivity index (χ3n) is 2.35. The molecule has 0 unspecified atom stereocenters. The van der Waals surface area contributed by atoms with E-state index in [-0.39, 0.29) is 17.7 Å². The molecule has 0 aliphatic heterocycles. The van der Waals surface area contributed by atoms with Crippen molar-refractivity contribution in [2.75, 3.05) is 11.9 Å². The Bertz CT molecular complexity index is 571. The van der Waals surface area contributed by atoms with Gasteiger partial charge in [-0.05, 0) is 18.2 Å². The van der Waals surface area contributed by atoms with Crippen LogP contribution in [0.1, 0.15) is 23.2 Å². The smallest absolute Gasteiger partial charge is 0.422 e. The molecule has 0 heterocycles. The number of aromatic carboxylic acids is 1. The number of carbonyl (C=O) groups excluding carboxylic acids is 2. The van der Waals surface area contributed by atoms with Gasteiger partial charge in [0.15, 0.2) is 6.61 Å². The molecule has 0 fully saturated rings. The number of carbonyl (C=O) groups is 3. The third-order valence-corrected chi connectivity index (χ3v) is 2.35. The molecule has 9 heteroatoms. The lowest BCUT2D eigenvalue weighted by Crippen LogP contribution is -2.21. The van der Waals surface area contributed by atoms with Gasteiger partial charge >= 0.3 is 18.1 Å². The molecule has 0 radical (unpaired) electrons. The normalized spacial score (nSPS) is 10.9. The molecule has 1 aromatic carbocycles. The quantitative estimate of drug-likeness (QED) is 0.784. The van der Waals surface area contributed by atoms with Crippen LogP contribution in [-0.4, -0.2) is 35.7 Å². The van der Waals surface area contributed by atoms with E-state index in [1.165, 1.54) is 24.3 Å². The zero-order valence-electron chi connectivity index (χ0n) is 11.1. The van der Waals surface area contributed by atoms with Gasteiger partial charge in [-0.3, -0.25) is 9.59 Å². The van der Waals surface area contributed by atoms with Gasteiger partial charge in [-0.2, -0.15) is 13.2 Å². The van der Waals surface area contributed by atoms with E-state index < -0.39 is 37.0 Å². The predicted octanol–water partition coefficient (Wildman–Crippen LogP) is 2.21. The topological polar surface area (TPSA) is 92.7 Å². The minimum atomic E-state index is -4.62. The average molecular weight is 319 g/mol. The molecule has 0 aromatic heterocycles. The number of amides is 1. The maximum Gasteiger partial charge on any atom is 0.422 e. The van der Waals surface area contributed by atoms with Crippen LogP contribution < -0.4 is 5.32 Å². The van der Waals surface area contributed by atoms with Crippen molar-refractivity contribution in [2.24, 2.45) is 0 Å². The summed E-state index contributed by atoms with van der Waals surface area (Å²) in [7, 11) is 0. The second-order valence-electron chi connectivity index (χ2n) is 4.21. The first-order valence-corrected chi connectivity index (χ1v) is 6.03. The van der Waals surface area contributed by atoms with Gasteiger partial charge in [0.2, 0.25) is 5.91 Å². The lowest BCUT2D eigenvalue weighted by atomic mass is 10.2. The van der Waals surface area contributed by atoms with Crippen LogP contribution in [0.25, 0.3) is 0 Å². The van der Waals surface area contributed by atoms with Gasteiger partial charge in [0.05, 0.1) is 12.0 Å². The first-order chi connectivity index (χ1) is 10.2. The van der Waals surface area contributed by atoms with Crippen molar-refractivity contribution >= 4 is 23.5 Å². The van der Waals surface area contributed by atoms with E-state index in [0.29, 0.717) is 0 Å². The number of hydrogen-bond acceptors (Lipinski definition) is 4. The molecule has 0 saturated heterocycles. The molecule has 0 aliphatic rings. The number of rotatable bonds is 6. The number of halogens is 3. The van der Waals surface area contributed by atoms with E-state index in [4.69, 9.17) is 5.11 Å². The summed E-state index contributed by atoms with van der Waals surface area (Å²) in [6.07, 6.45) is -5.51. The number of alkyl halides is 3. The minimum Gasteiger partial charge on any atom is -0.478 e. The number of carboxylic acids is 1. The van der Waals surface area contributed by atoms with Crippen LogP contribution in [0.15, 0.2) is 24.3 Å². The van der Waals surface area contributed by atoms with Gasteiger partial charge in [-0.1, -0.05) is 6.07 Å². The van der Waals surface area contributed by atoms with Crippen molar-refractivity contribution in [3.63, 3.8) is 0 Å². The number of ether oxygens (including phenoxy) is 1. The molecule has 6 nitrogen and oxygen atoms in total. The minimum absolute atomic E-state index is 0.0395. The Balaban J connectivity index is 2.42. The van der Waals surface area contributed by atoms with Gasteiger partial charge in [0.1, 0.15) is 0 Å². The monoisotopic (exact) mass is 319 g/mol. The molecule has 1 rings (SSSR count). The summed E-state index contributed by atoms with van der Waals surface area (Å²) in [5, 5.41) is 11.1. The van der Waals surface area contributed by atoms with E-state index in [1.54, 1.807) is 0 Å². The number of hydrogen-bond donors (Lipinski definition) is 2. The summed E-state index contributed by atoms with van der Waals surface area (Å²) >= 11 is 0. The predicted molar refractivity (Wildman–Crippen MR) is 68.3 cm³/mol. The van der Waals surface area contributed by atoms with Crippen molar-refractivity contribution < 1.29 is 37.4 Å². The second-order valence-corrected chi connectivity index (χ2v) is 4.21. The maximum absolute atomic E-state index is 11.8. The van der Waals surface area contributed by atoms with Gasteiger partial charge in [0.25, 0.3) is 0 Å². The third kappa shape index (κ3) is 6.73. The Labute approximate surface area is 122 Å². The van der Waals surface area contributed by atoms with Gasteiger partial charge in [0, 0.05) is 12.1 Å². The van der Waals surface area contributed by atoms with Crippen LogP contribution >= 0.6 is 0 Å². The van der Waals surface area contributed by atoms with E-state index in [9.17, 15) is 27.6 Å². The lowest BCUT2D eigenvalue weighted by Gasteiger charge is -2.08. The summed E-state index contributed by atoms with van der Waals surface area (Å²) in [5.74, 6) is -2.97. The molecule has 0 bridgehead atoms. The molecular weight excluding hydrogens is 307 g/mol. The number of esters is 1. The standard InChI is InChI=1S/C13H12F3NO5/c14-13(15,16)7-22-11(19)5-4-10(18)17-9-3-1-2-8(6-9)12(20)21/h1-3,6H,4-5,7H2,(H,17,18)(H,20,21). The van der Waals surface area contributed by atoms with E-state index in [2.05, 4.69) is 10.1 Å². The highest BCUT2D eigenvalue weighted by atomic mass is 19.4. The molecular formula is C13H12F3NO5. The lowest BCUT2D eigenvalue weighted by molar-refractivity contribution is -0.186. The number of benzene rings is 1. The van der Waals surface area contributed by atoms with Gasteiger partial charge in [-0.25, -0.2) is 4.79 Å². The summed E-state index contributed by atoms with van der Waals surface area (Å²) < 4.78 is 39.3. The summed E-state index contributed by atoms with van der Waals surface area (Å²) in [6, 6.07) is 5.39. The highest BCUT2D eigenvalue weighted by molar-refractivity contribution is 5.94. The zero-order valence-corrected chi connectivity index (χ0v) is 11.1. The molecule has 2 N–H and O–H groups in total. The molecule has 0 aliphatic carbocycles. The van der Waals surface area contributed by atoms with Crippen molar-refractivity contribution in [3.05, 3.63) is 29.8 Å². The SMILES string of the molecule is O=C(CCC(=O)OCC(F)(F)F)Nc1cccc(C(=O)O)c1. The largest absolute Gasteiger partial charge is 0.478 e. The fourth-order valence-corrected chi connectivity index (χ4v) is 1.40. The first-order valence-electron chi connectivity index (χ1n) is 6.03. The summed E-state index contributed by atoms with van der Waals surface area (Å²) in [4.78, 5) is 33.3.